The second-order valence-electron chi connectivity index (χ2n) is 8.69. The van der Waals surface area contributed by atoms with E-state index in [9.17, 15) is 9.59 Å². The fraction of sp³-hybridized carbons (Fsp3) is 0.360. The lowest BCUT2D eigenvalue weighted by Gasteiger charge is -2.43. The Morgan fingerprint density at radius 1 is 1.06 bits per heavy atom. The van der Waals surface area contributed by atoms with E-state index in [-0.39, 0.29) is 23.7 Å². The van der Waals surface area contributed by atoms with Crippen LogP contribution in [0.25, 0.3) is 11.0 Å². The zero-order valence-corrected chi connectivity index (χ0v) is 18.1. The van der Waals surface area contributed by atoms with Crippen molar-refractivity contribution in [3.05, 3.63) is 65.5 Å². The molecule has 1 saturated heterocycles. The Morgan fingerprint density at radius 2 is 1.88 bits per heavy atom. The highest BCUT2D eigenvalue weighted by Gasteiger charge is 2.46. The summed E-state index contributed by atoms with van der Waals surface area (Å²) in [6, 6.07) is 11.7. The molecule has 0 saturated carbocycles. The van der Waals surface area contributed by atoms with Crippen LogP contribution in [0.1, 0.15) is 30.0 Å². The van der Waals surface area contributed by atoms with Crippen molar-refractivity contribution >= 4 is 28.5 Å². The minimum atomic E-state index is -0.348. The molecular weight excluding hydrogens is 404 g/mol. The standard InChI is InChI=1S/C25H26N4O3/c1-2-25(15-32-16-25)24(31)29-10-7-18-4-3-17(11-19(18)14-29)12-23(30)28-20-5-6-21-22(13-20)27-9-8-26-21/h3-6,8-9,11,13H,2,7,10,12,14-16H2,1H3,(H,28,30). The van der Waals surface area contributed by atoms with E-state index in [0.29, 0.717) is 25.4 Å². The molecule has 0 bridgehead atoms. The SMILES string of the molecule is CCC1(C(=O)N2CCc3ccc(CC(=O)Nc4ccc5nccnc5c4)cc3C2)COC1. The summed E-state index contributed by atoms with van der Waals surface area (Å²) in [6.45, 7) is 4.42. The van der Waals surface area contributed by atoms with Crippen LogP contribution in [0.5, 0.6) is 0 Å². The number of nitrogens with zero attached hydrogens (tertiary/aromatic N) is 3. The van der Waals surface area contributed by atoms with Gasteiger partial charge in [0.2, 0.25) is 11.8 Å². The fourth-order valence-corrected chi connectivity index (χ4v) is 4.49. The fourth-order valence-electron chi connectivity index (χ4n) is 4.49. The molecule has 2 aliphatic heterocycles. The Hall–Kier alpha value is -3.32. The largest absolute Gasteiger partial charge is 0.379 e. The number of aromatic nitrogens is 2. The molecule has 2 amide bonds. The van der Waals surface area contributed by atoms with Gasteiger partial charge in [-0.05, 0) is 47.7 Å². The Morgan fingerprint density at radius 3 is 2.62 bits per heavy atom. The van der Waals surface area contributed by atoms with E-state index in [0.717, 1.165) is 41.5 Å². The van der Waals surface area contributed by atoms with Crippen LogP contribution in [0.15, 0.2) is 48.8 Å². The molecule has 0 atom stereocenters. The Labute approximate surface area is 186 Å². The average Bonchev–Trinajstić information content (AvgIpc) is 2.78. The van der Waals surface area contributed by atoms with Gasteiger partial charge >= 0.3 is 0 Å². The van der Waals surface area contributed by atoms with Crippen LogP contribution in [0.2, 0.25) is 0 Å². The first-order valence-corrected chi connectivity index (χ1v) is 11.0. The summed E-state index contributed by atoms with van der Waals surface area (Å²) >= 11 is 0. The molecule has 1 N–H and O–H groups in total. The van der Waals surface area contributed by atoms with Crippen LogP contribution in [-0.2, 0) is 33.7 Å². The van der Waals surface area contributed by atoms with Gasteiger partial charge in [-0.3, -0.25) is 19.6 Å². The van der Waals surface area contributed by atoms with Gasteiger partial charge in [0.25, 0.3) is 0 Å². The summed E-state index contributed by atoms with van der Waals surface area (Å²) in [5, 5.41) is 2.95. The predicted molar refractivity (Wildman–Crippen MR) is 121 cm³/mol. The number of carbonyl (C=O) groups excluding carboxylic acids is 2. The predicted octanol–water partition coefficient (Wildman–Crippen LogP) is 3.12. The Bertz CT molecular complexity index is 1180. The van der Waals surface area contributed by atoms with Gasteiger partial charge in [0.1, 0.15) is 0 Å². The van der Waals surface area contributed by atoms with Gasteiger partial charge in [0.15, 0.2) is 0 Å². The van der Waals surface area contributed by atoms with E-state index in [4.69, 9.17) is 4.74 Å². The molecular formula is C25H26N4O3. The lowest BCUT2D eigenvalue weighted by atomic mass is 9.81. The second-order valence-corrected chi connectivity index (χ2v) is 8.69. The highest BCUT2D eigenvalue weighted by Crippen LogP contribution is 2.35. The summed E-state index contributed by atoms with van der Waals surface area (Å²) in [6.07, 6.45) is 5.19. The summed E-state index contributed by atoms with van der Waals surface area (Å²) in [5.41, 5.74) is 5.20. The minimum Gasteiger partial charge on any atom is -0.379 e. The van der Waals surface area contributed by atoms with Crippen LogP contribution in [0, 0.1) is 5.41 Å². The molecule has 7 heteroatoms. The number of ether oxygens (including phenoxy) is 1. The molecule has 3 aromatic rings. The third kappa shape index (κ3) is 3.84. The van der Waals surface area contributed by atoms with Gasteiger partial charge in [-0.15, -0.1) is 0 Å². The molecule has 0 aliphatic carbocycles. The lowest BCUT2D eigenvalue weighted by molar-refractivity contribution is -0.174. The maximum Gasteiger partial charge on any atom is 0.233 e. The summed E-state index contributed by atoms with van der Waals surface area (Å²) < 4.78 is 5.35. The molecule has 2 aromatic carbocycles. The van der Waals surface area contributed by atoms with Crippen LogP contribution in [-0.4, -0.2) is 46.4 Å². The van der Waals surface area contributed by atoms with Crippen molar-refractivity contribution in [1.82, 2.24) is 14.9 Å². The Kier molecular flexibility index (Phi) is 5.35. The van der Waals surface area contributed by atoms with Crippen molar-refractivity contribution in [2.45, 2.75) is 32.7 Å². The molecule has 0 unspecified atom stereocenters. The van der Waals surface area contributed by atoms with Gasteiger partial charge in [-0.25, -0.2) is 0 Å². The number of carbonyl (C=O) groups is 2. The molecule has 7 nitrogen and oxygen atoms in total. The molecule has 2 aliphatic rings. The summed E-state index contributed by atoms with van der Waals surface area (Å²) in [5.74, 6) is 0.105. The number of fused-ring (bicyclic) bond motifs is 2. The lowest BCUT2D eigenvalue weighted by Crippen LogP contribution is -2.55. The van der Waals surface area contributed by atoms with E-state index >= 15 is 0 Å². The van der Waals surface area contributed by atoms with Crippen molar-refractivity contribution < 1.29 is 14.3 Å². The number of benzene rings is 2. The first-order valence-electron chi connectivity index (χ1n) is 11.0. The summed E-state index contributed by atoms with van der Waals surface area (Å²) in [4.78, 5) is 36.2. The average molecular weight is 431 g/mol. The second kappa shape index (κ2) is 8.31. The maximum absolute atomic E-state index is 13.1. The number of nitrogens with one attached hydrogen (secondary N) is 1. The van der Waals surface area contributed by atoms with Crippen molar-refractivity contribution in [3.8, 4) is 0 Å². The molecule has 1 fully saturated rings. The van der Waals surface area contributed by atoms with Crippen molar-refractivity contribution in [1.29, 1.82) is 0 Å². The normalized spacial score (nSPS) is 16.8. The number of amides is 2. The van der Waals surface area contributed by atoms with E-state index in [1.165, 1.54) is 5.56 Å². The van der Waals surface area contributed by atoms with E-state index in [2.05, 4.69) is 34.3 Å². The minimum absolute atomic E-state index is 0.0894. The highest BCUT2D eigenvalue weighted by molar-refractivity contribution is 5.94. The van der Waals surface area contributed by atoms with Crippen molar-refractivity contribution in [2.75, 3.05) is 25.1 Å². The van der Waals surface area contributed by atoms with Crippen LogP contribution in [0.3, 0.4) is 0 Å². The van der Waals surface area contributed by atoms with Gasteiger partial charge in [0, 0.05) is 31.2 Å². The van der Waals surface area contributed by atoms with Crippen molar-refractivity contribution in [3.63, 3.8) is 0 Å². The number of hydrogen-bond acceptors (Lipinski definition) is 5. The maximum atomic E-state index is 13.1. The van der Waals surface area contributed by atoms with E-state index in [1.54, 1.807) is 12.4 Å². The van der Waals surface area contributed by atoms with E-state index < -0.39 is 0 Å². The number of hydrogen-bond donors (Lipinski definition) is 1. The van der Waals surface area contributed by atoms with E-state index in [1.807, 2.05) is 29.2 Å². The van der Waals surface area contributed by atoms with Gasteiger partial charge in [-0.2, -0.15) is 0 Å². The van der Waals surface area contributed by atoms with Crippen LogP contribution < -0.4 is 5.32 Å². The molecule has 32 heavy (non-hydrogen) atoms. The third-order valence-electron chi connectivity index (χ3n) is 6.58. The quantitative estimate of drug-likeness (QED) is 0.672. The first kappa shape index (κ1) is 20.6. The molecule has 5 rings (SSSR count). The van der Waals surface area contributed by atoms with Gasteiger partial charge < -0.3 is 15.0 Å². The molecule has 164 valence electrons. The monoisotopic (exact) mass is 430 g/mol. The number of anilines is 1. The molecule has 1 aromatic heterocycles. The van der Waals surface area contributed by atoms with Crippen LogP contribution in [0.4, 0.5) is 5.69 Å². The third-order valence-corrected chi connectivity index (χ3v) is 6.58. The number of rotatable bonds is 5. The zero-order valence-electron chi connectivity index (χ0n) is 18.1. The zero-order chi connectivity index (χ0) is 22.1. The van der Waals surface area contributed by atoms with Gasteiger partial charge in [0.05, 0.1) is 36.1 Å². The summed E-state index contributed by atoms with van der Waals surface area (Å²) in [7, 11) is 0. The Balaban J connectivity index is 1.26. The topological polar surface area (TPSA) is 84.4 Å². The molecule has 3 heterocycles. The highest BCUT2D eigenvalue weighted by atomic mass is 16.5. The van der Waals surface area contributed by atoms with Crippen LogP contribution >= 0.6 is 0 Å². The smallest absolute Gasteiger partial charge is 0.233 e. The van der Waals surface area contributed by atoms with Crippen molar-refractivity contribution in [2.24, 2.45) is 5.41 Å². The first-order chi connectivity index (χ1) is 15.6. The van der Waals surface area contributed by atoms with Gasteiger partial charge in [-0.1, -0.05) is 25.1 Å². The molecule has 0 radical (unpaired) electrons. The molecule has 0 spiro atoms.